The molecule has 8 heteroatoms. The molecular weight excluding hydrogens is 400 g/mol. The van der Waals surface area contributed by atoms with Crippen LogP contribution in [-0.4, -0.2) is 35.5 Å². The van der Waals surface area contributed by atoms with Gasteiger partial charge < -0.3 is 14.6 Å². The van der Waals surface area contributed by atoms with Crippen molar-refractivity contribution in [2.75, 3.05) is 18.5 Å². The van der Waals surface area contributed by atoms with E-state index in [0.717, 1.165) is 5.56 Å². The fourth-order valence-electron chi connectivity index (χ4n) is 2.86. The third-order valence-corrected chi connectivity index (χ3v) is 4.52. The molecule has 0 unspecified atom stereocenters. The molecule has 0 bridgehead atoms. The van der Waals surface area contributed by atoms with Gasteiger partial charge in [0.25, 0.3) is 5.91 Å². The number of hydrogen-bond donors (Lipinski definition) is 4. The number of hydrogen-bond acceptors (Lipinski definition) is 6. The number of anilines is 1. The Balaban J connectivity index is 2.26. The zero-order valence-corrected chi connectivity index (χ0v) is 17.8. The van der Waals surface area contributed by atoms with Crippen molar-refractivity contribution in [3.05, 3.63) is 71.8 Å². The maximum Gasteiger partial charge on any atom is 0.412 e. The van der Waals surface area contributed by atoms with Crippen LogP contribution in [0.25, 0.3) is 0 Å². The Morgan fingerprint density at radius 2 is 1.74 bits per heavy atom. The molecule has 0 spiro atoms. The number of amides is 2. The third kappa shape index (κ3) is 7.44. The van der Waals surface area contributed by atoms with Crippen molar-refractivity contribution in [1.29, 1.82) is 0 Å². The van der Waals surface area contributed by atoms with Crippen molar-refractivity contribution in [3.8, 4) is 5.75 Å². The van der Waals surface area contributed by atoms with Crippen LogP contribution in [0.3, 0.4) is 0 Å². The highest BCUT2D eigenvalue weighted by Gasteiger charge is 2.32. The number of aryl methyl sites for hydroxylation is 1. The zero-order chi connectivity index (χ0) is 22.9. The minimum atomic E-state index is -0.801. The molecule has 0 aromatic heterocycles. The molecule has 0 aliphatic heterocycles. The highest BCUT2D eigenvalue weighted by molar-refractivity contribution is 5.86. The molecule has 31 heavy (non-hydrogen) atoms. The molecule has 2 aromatic carbocycles. The number of nitrogens with one attached hydrogen (secondary N) is 2. The maximum atomic E-state index is 12.6. The van der Waals surface area contributed by atoms with E-state index in [1.807, 2.05) is 19.1 Å². The van der Waals surface area contributed by atoms with E-state index in [0.29, 0.717) is 17.0 Å². The predicted molar refractivity (Wildman–Crippen MR) is 116 cm³/mol. The fourth-order valence-corrected chi connectivity index (χ4v) is 2.86. The lowest BCUT2D eigenvalue weighted by molar-refractivity contribution is -0.124. The number of carbonyl (C=O) groups excluding carboxylic acids is 2. The van der Waals surface area contributed by atoms with Gasteiger partial charge in [0.15, 0.2) is 0 Å². The van der Waals surface area contributed by atoms with Gasteiger partial charge in [0.1, 0.15) is 18.5 Å². The molecule has 0 radical (unpaired) electrons. The second-order valence-electron chi connectivity index (χ2n) is 7.55. The second-order valence-corrected chi connectivity index (χ2v) is 7.55. The van der Waals surface area contributed by atoms with E-state index < -0.39 is 23.5 Å². The molecule has 8 nitrogen and oxygen atoms in total. The molecule has 1 atom stereocenters. The number of aliphatic hydroxyl groups is 1. The summed E-state index contributed by atoms with van der Waals surface area (Å²) in [6.07, 6.45) is 1.32. The Bertz CT molecular complexity index is 891. The SMILES string of the molecule is Cc1ccc(NC(=O)O[C@H](c2ccc(OCCO)cc2)C(C)(C)/C=C/C(=O)NO)cc1. The van der Waals surface area contributed by atoms with Crippen molar-refractivity contribution in [1.82, 2.24) is 5.48 Å². The smallest absolute Gasteiger partial charge is 0.412 e. The number of benzene rings is 2. The van der Waals surface area contributed by atoms with Gasteiger partial charge in [0, 0.05) is 17.2 Å². The maximum absolute atomic E-state index is 12.6. The van der Waals surface area contributed by atoms with Crippen LogP contribution in [0.1, 0.15) is 31.1 Å². The predicted octanol–water partition coefficient (Wildman–Crippen LogP) is 3.74. The van der Waals surface area contributed by atoms with E-state index in [-0.39, 0.29) is 13.2 Å². The number of rotatable bonds is 9. The number of aliphatic hydroxyl groups excluding tert-OH is 1. The average Bonchev–Trinajstić information content (AvgIpc) is 2.76. The van der Waals surface area contributed by atoms with Crippen molar-refractivity contribution in [3.63, 3.8) is 0 Å². The van der Waals surface area contributed by atoms with Crippen LogP contribution in [0.5, 0.6) is 5.75 Å². The highest BCUT2D eigenvalue weighted by Crippen LogP contribution is 2.38. The molecule has 2 aromatic rings. The van der Waals surface area contributed by atoms with E-state index in [4.69, 9.17) is 19.8 Å². The molecule has 166 valence electrons. The summed E-state index contributed by atoms with van der Waals surface area (Å²) >= 11 is 0. The van der Waals surface area contributed by atoms with Gasteiger partial charge in [-0.15, -0.1) is 0 Å². The Kier molecular flexibility index (Phi) is 8.60. The van der Waals surface area contributed by atoms with Crippen LogP contribution in [0.2, 0.25) is 0 Å². The van der Waals surface area contributed by atoms with Gasteiger partial charge in [0.2, 0.25) is 0 Å². The molecular formula is C23H28N2O6. The Morgan fingerprint density at radius 1 is 1.10 bits per heavy atom. The van der Waals surface area contributed by atoms with E-state index in [9.17, 15) is 9.59 Å². The Hall–Kier alpha value is -3.36. The van der Waals surface area contributed by atoms with Crippen LogP contribution >= 0.6 is 0 Å². The van der Waals surface area contributed by atoms with Gasteiger partial charge in [-0.2, -0.15) is 0 Å². The first-order chi connectivity index (χ1) is 14.7. The lowest BCUT2D eigenvalue weighted by atomic mass is 9.82. The van der Waals surface area contributed by atoms with Crippen molar-refractivity contribution in [2.24, 2.45) is 5.41 Å². The minimum absolute atomic E-state index is 0.0998. The summed E-state index contributed by atoms with van der Waals surface area (Å²) in [5.74, 6) is -0.127. The summed E-state index contributed by atoms with van der Waals surface area (Å²) in [6.45, 7) is 5.62. The van der Waals surface area contributed by atoms with Crippen LogP contribution in [-0.2, 0) is 9.53 Å². The highest BCUT2D eigenvalue weighted by atomic mass is 16.6. The van der Waals surface area contributed by atoms with Crippen molar-refractivity contribution >= 4 is 17.7 Å². The van der Waals surface area contributed by atoms with Crippen LogP contribution < -0.4 is 15.5 Å². The normalized spacial score (nSPS) is 12.3. The first kappa shape index (κ1) is 23.9. The van der Waals surface area contributed by atoms with Gasteiger partial charge in [-0.05, 0) is 36.8 Å². The standard InChI is InChI=1S/C23H28N2O6/c1-16-4-8-18(9-5-16)24-22(28)31-21(23(2,3)13-12-20(27)25-29)17-6-10-19(11-7-17)30-15-14-26/h4-13,21,26,29H,14-15H2,1-3H3,(H,24,28)(H,25,27)/b13-12+/t21-/m1/s1. The molecule has 0 aliphatic carbocycles. The number of hydroxylamine groups is 1. The fraction of sp³-hybridized carbons (Fsp3) is 0.304. The largest absolute Gasteiger partial charge is 0.491 e. The van der Waals surface area contributed by atoms with Crippen LogP contribution in [0.4, 0.5) is 10.5 Å². The molecule has 4 N–H and O–H groups in total. The molecule has 0 saturated carbocycles. The molecule has 0 heterocycles. The second kappa shape index (κ2) is 11.1. The minimum Gasteiger partial charge on any atom is -0.491 e. The third-order valence-electron chi connectivity index (χ3n) is 4.52. The Labute approximate surface area is 181 Å². The van der Waals surface area contributed by atoms with E-state index in [1.165, 1.54) is 11.6 Å². The first-order valence-corrected chi connectivity index (χ1v) is 9.76. The summed E-state index contributed by atoms with van der Waals surface area (Å²) in [4.78, 5) is 24.0. The average molecular weight is 428 g/mol. The topological polar surface area (TPSA) is 117 Å². The van der Waals surface area contributed by atoms with Crippen molar-refractivity contribution < 1.29 is 29.4 Å². The van der Waals surface area contributed by atoms with E-state index >= 15 is 0 Å². The summed E-state index contributed by atoms with van der Waals surface area (Å²) in [7, 11) is 0. The molecule has 0 aliphatic rings. The van der Waals surface area contributed by atoms with Crippen LogP contribution in [0, 0.1) is 12.3 Å². The van der Waals surface area contributed by atoms with Crippen molar-refractivity contribution in [2.45, 2.75) is 26.9 Å². The summed E-state index contributed by atoms with van der Waals surface area (Å²) in [5.41, 5.74) is 3.07. The monoisotopic (exact) mass is 428 g/mol. The van der Waals surface area contributed by atoms with Gasteiger partial charge in [0.05, 0.1) is 6.61 Å². The molecule has 0 fully saturated rings. The molecule has 0 saturated heterocycles. The molecule has 2 amide bonds. The lowest BCUT2D eigenvalue weighted by Crippen LogP contribution is -2.28. The Morgan fingerprint density at radius 3 is 2.32 bits per heavy atom. The van der Waals surface area contributed by atoms with E-state index in [2.05, 4.69) is 5.32 Å². The number of carbonyl (C=O) groups is 2. The number of ether oxygens (including phenoxy) is 2. The van der Waals surface area contributed by atoms with Gasteiger partial charge >= 0.3 is 6.09 Å². The molecule has 2 rings (SSSR count). The first-order valence-electron chi connectivity index (χ1n) is 9.76. The summed E-state index contributed by atoms with van der Waals surface area (Å²) in [5, 5.41) is 20.3. The quantitative estimate of drug-likeness (QED) is 0.275. The van der Waals surface area contributed by atoms with Gasteiger partial charge in [-0.1, -0.05) is 49.8 Å². The van der Waals surface area contributed by atoms with Gasteiger partial charge in [-0.3, -0.25) is 15.3 Å². The summed E-state index contributed by atoms with van der Waals surface area (Å²) < 4.78 is 11.1. The van der Waals surface area contributed by atoms with E-state index in [1.54, 1.807) is 56.3 Å². The zero-order valence-electron chi connectivity index (χ0n) is 17.8. The van der Waals surface area contributed by atoms with Gasteiger partial charge in [-0.25, -0.2) is 10.3 Å². The lowest BCUT2D eigenvalue weighted by Gasteiger charge is -2.31. The summed E-state index contributed by atoms with van der Waals surface area (Å²) in [6, 6.07) is 14.2. The van der Waals surface area contributed by atoms with Crippen LogP contribution in [0.15, 0.2) is 60.7 Å².